The van der Waals surface area contributed by atoms with Crippen molar-refractivity contribution >= 4 is 18.3 Å². The third kappa shape index (κ3) is 5.02. The second kappa shape index (κ2) is 9.30. The monoisotopic (exact) mass is 368 g/mol. The third-order valence-corrected chi connectivity index (χ3v) is 5.13. The minimum atomic E-state index is -0.121. The van der Waals surface area contributed by atoms with Crippen LogP contribution in [0.15, 0.2) is 24.3 Å². The Labute approximate surface area is 156 Å². The lowest BCUT2D eigenvalue weighted by Crippen LogP contribution is -2.45. The van der Waals surface area contributed by atoms with Crippen molar-refractivity contribution in [3.8, 4) is 11.5 Å². The normalized spacial score (nSPS) is 25.0. The van der Waals surface area contributed by atoms with Gasteiger partial charge in [0.15, 0.2) is 17.6 Å². The van der Waals surface area contributed by atoms with Gasteiger partial charge in [0.05, 0.1) is 6.54 Å². The van der Waals surface area contributed by atoms with Crippen LogP contribution >= 0.6 is 12.4 Å². The number of fused-ring (bicyclic) bond motifs is 1. The molecule has 6 heteroatoms. The summed E-state index contributed by atoms with van der Waals surface area (Å²) < 4.78 is 11.7. The number of likely N-dealkylation sites (N-methyl/N-ethyl adjacent to an activating group) is 1. The van der Waals surface area contributed by atoms with E-state index in [2.05, 4.69) is 0 Å². The van der Waals surface area contributed by atoms with E-state index in [1.54, 1.807) is 0 Å². The van der Waals surface area contributed by atoms with Crippen molar-refractivity contribution in [1.82, 2.24) is 4.90 Å². The van der Waals surface area contributed by atoms with Crippen molar-refractivity contribution in [2.45, 2.75) is 51.2 Å². The van der Waals surface area contributed by atoms with Gasteiger partial charge in [-0.3, -0.25) is 4.79 Å². The number of amides is 1. The number of ether oxygens (including phenoxy) is 2. The molecule has 1 aliphatic carbocycles. The Kier molecular flexibility index (Phi) is 7.38. The van der Waals surface area contributed by atoms with E-state index in [9.17, 15) is 4.79 Å². The predicted octanol–water partition coefficient (Wildman–Crippen LogP) is 3.00. The summed E-state index contributed by atoms with van der Waals surface area (Å²) in [5.41, 5.74) is 6.19. The zero-order valence-corrected chi connectivity index (χ0v) is 15.7. The minimum Gasteiger partial charge on any atom is -0.486 e. The van der Waals surface area contributed by atoms with Crippen molar-refractivity contribution in [3.63, 3.8) is 0 Å². The Morgan fingerprint density at radius 1 is 1.24 bits per heavy atom. The van der Waals surface area contributed by atoms with E-state index >= 15 is 0 Å². The first-order valence-electron chi connectivity index (χ1n) is 9.09. The summed E-state index contributed by atoms with van der Waals surface area (Å²) in [6, 6.07) is 7.83. The topological polar surface area (TPSA) is 64.8 Å². The fourth-order valence-corrected chi connectivity index (χ4v) is 3.65. The molecule has 1 saturated carbocycles. The number of nitrogens with zero attached hydrogens (tertiary/aromatic N) is 1. The van der Waals surface area contributed by atoms with Crippen molar-refractivity contribution < 1.29 is 14.3 Å². The number of rotatable bonds is 5. The molecule has 0 aromatic heterocycles. The fourth-order valence-electron chi connectivity index (χ4n) is 3.65. The highest BCUT2D eigenvalue weighted by Gasteiger charge is 2.28. The Bertz CT molecular complexity index is 569. The highest BCUT2D eigenvalue weighted by Crippen LogP contribution is 2.31. The van der Waals surface area contributed by atoms with E-state index in [4.69, 9.17) is 15.2 Å². The molecule has 5 nitrogen and oxygen atoms in total. The number of hydrogen-bond acceptors (Lipinski definition) is 4. The maximum absolute atomic E-state index is 12.7. The summed E-state index contributed by atoms with van der Waals surface area (Å²) in [5.74, 6) is 2.04. The second-order valence-corrected chi connectivity index (χ2v) is 6.84. The van der Waals surface area contributed by atoms with Crippen LogP contribution in [-0.4, -0.2) is 42.6 Å². The molecule has 140 valence electrons. The van der Waals surface area contributed by atoms with Crippen LogP contribution in [0.3, 0.4) is 0 Å². The molecule has 2 N–H and O–H groups in total. The summed E-state index contributed by atoms with van der Waals surface area (Å²) in [6.45, 7) is 3.73. The van der Waals surface area contributed by atoms with Gasteiger partial charge in [0.1, 0.15) is 6.61 Å². The molecular formula is C19H29ClN2O3. The van der Waals surface area contributed by atoms with Gasteiger partial charge in [0, 0.05) is 19.0 Å². The molecule has 1 aliphatic heterocycles. The number of nitrogens with two attached hydrogens (primary N) is 1. The van der Waals surface area contributed by atoms with Crippen LogP contribution in [0, 0.1) is 5.92 Å². The van der Waals surface area contributed by atoms with Crippen LogP contribution in [0.5, 0.6) is 11.5 Å². The van der Waals surface area contributed by atoms with Crippen molar-refractivity contribution in [1.29, 1.82) is 0 Å². The van der Waals surface area contributed by atoms with Crippen LogP contribution in [0.25, 0.3) is 0 Å². The van der Waals surface area contributed by atoms with Gasteiger partial charge in [-0.1, -0.05) is 25.0 Å². The molecule has 1 heterocycles. The van der Waals surface area contributed by atoms with E-state index in [-0.39, 0.29) is 30.5 Å². The van der Waals surface area contributed by atoms with E-state index in [1.165, 1.54) is 12.8 Å². The largest absolute Gasteiger partial charge is 0.486 e. The number of hydrogen-bond donors (Lipinski definition) is 1. The predicted molar refractivity (Wildman–Crippen MR) is 100 cm³/mol. The smallest absolute Gasteiger partial charge is 0.223 e. The van der Waals surface area contributed by atoms with Crippen molar-refractivity contribution in [2.75, 3.05) is 19.7 Å². The molecule has 2 aliphatic rings. The molecule has 0 radical (unpaired) electrons. The quantitative estimate of drug-likeness (QED) is 0.867. The molecule has 25 heavy (non-hydrogen) atoms. The Morgan fingerprint density at radius 2 is 1.96 bits per heavy atom. The first-order chi connectivity index (χ1) is 11.7. The lowest BCUT2D eigenvalue weighted by molar-refractivity contribution is -0.134. The number of carbonyl (C=O) groups is 1. The number of benzene rings is 1. The molecule has 1 aromatic carbocycles. The zero-order valence-electron chi connectivity index (χ0n) is 14.9. The standard InChI is InChI=1S/C19H28N2O3.ClH/c1-2-21(19(22)11-14-7-3-4-8-16(14)20)12-15-13-23-17-9-5-6-10-18(17)24-15;/h5-6,9-10,14-16H,2-4,7-8,11-13,20H2,1H3;1H. The van der Waals surface area contributed by atoms with Crippen molar-refractivity contribution in [2.24, 2.45) is 11.7 Å². The Morgan fingerprint density at radius 3 is 2.68 bits per heavy atom. The molecule has 0 saturated heterocycles. The summed E-state index contributed by atoms with van der Waals surface area (Å²) in [5, 5.41) is 0. The molecule has 0 bridgehead atoms. The van der Waals surface area contributed by atoms with Crippen molar-refractivity contribution in [3.05, 3.63) is 24.3 Å². The van der Waals surface area contributed by atoms with Gasteiger partial charge >= 0.3 is 0 Å². The van der Waals surface area contributed by atoms with Gasteiger partial charge in [-0.2, -0.15) is 0 Å². The maximum Gasteiger partial charge on any atom is 0.223 e. The summed E-state index contributed by atoms with van der Waals surface area (Å²) in [7, 11) is 0. The first-order valence-corrected chi connectivity index (χ1v) is 9.09. The maximum atomic E-state index is 12.7. The van der Waals surface area contributed by atoms with Gasteiger partial charge in [-0.25, -0.2) is 0 Å². The summed E-state index contributed by atoms with van der Waals surface area (Å²) in [6.07, 6.45) is 4.92. The molecule has 3 rings (SSSR count). The first kappa shape index (κ1) is 19.9. The zero-order chi connectivity index (χ0) is 16.9. The molecular weight excluding hydrogens is 340 g/mol. The van der Waals surface area contributed by atoms with Crippen LogP contribution in [0.1, 0.15) is 39.0 Å². The van der Waals surface area contributed by atoms with Crippen LogP contribution in [-0.2, 0) is 4.79 Å². The van der Waals surface area contributed by atoms with Gasteiger partial charge in [-0.15, -0.1) is 12.4 Å². The number of halogens is 1. The average Bonchev–Trinajstić information content (AvgIpc) is 2.61. The average molecular weight is 369 g/mol. The van der Waals surface area contributed by atoms with Crippen LogP contribution < -0.4 is 15.2 Å². The number of para-hydroxylation sites is 2. The molecule has 0 spiro atoms. The van der Waals surface area contributed by atoms with Crippen LogP contribution in [0.2, 0.25) is 0 Å². The van der Waals surface area contributed by atoms with Gasteiger partial charge < -0.3 is 20.1 Å². The lowest BCUT2D eigenvalue weighted by atomic mass is 9.82. The second-order valence-electron chi connectivity index (χ2n) is 6.84. The highest BCUT2D eigenvalue weighted by atomic mass is 35.5. The molecule has 3 atom stereocenters. The highest BCUT2D eigenvalue weighted by molar-refractivity contribution is 5.85. The summed E-state index contributed by atoms with van der Waals surface area (Å²) in [4.78, 5) is 14.6. The molecule has 3 unspecified atom stereocenters. The van der Waals surface area contributed by atoms with Gasteiger partial charge in [-0.05, 0) is 37.8 Å². The third-order valence-electron chi connectivity index (χ3n) is 5.13. The number of carbonyl (C=O) groups excluding carboxylic acids is 1. The minimum absolute atomic E-state index is 0. The Balaban J connectivity index is 0.00000225. The van der Waals surface area contributed by atoms with Gasteiger partial charge in [0.25, 0.3) is 0 Å². The van der Waals surface area contributed by atoms with Gasteiger partial charge in [0.2, 0.25) is 5.91 Å². The van der Waals surface area contributed by atoms with E-state index in [0.29, 0.717) is 32.0 Å². The van der Waals surface area contributed by atoms with E-state index in [1.807, 2.05) is 36.1 Å². The van der Waals surface area contributed by atoms with Crippen LogP contribution in [0.4, 0.5) is 0 Å². The molecule has 1 fully saturated rings. The fraction of sp³-hybridized carbons (Fsp3) is 0.632. The summed E-state index contributed by atoms with van der Waals surface area (Å²) >= 11 is 0. The Hall–Kier alpha value is -1.46. The molecule has 1 amide bonds. The lowest BCUT2D eigenvalue weighted by Gasteiger charge is -2.33. The molecule has 1 aromatic rings. The SMILES string of the molecule is CCN(CC1COc2ccccc2O1)C(=O)CC1CCCCC1N.Cl. The van der Waals surface area contributed by atoms with E-state index < -0.39 is 0 Å². The van der Waals surface area contributed by atoms with E-state index in [0.717, 1.165) is 24.3 Å².